The highest BCUT2D eigenvalue weighted by atomic mass is 79.9. The maximum absolute atomic E-state index is 5.24. The summed E-state index contributed by atoms with van der Waals surface area (Å²) in [6.45, 7) is 3.21. The van der Waals surface area contributed by atoms with Crippen molar-refractivity contribution in [3.05, 3.63) is 29.8 Å². The minimum atomic E-state index is 0.743. The first-order valence-corrected chi connectivity index (χ1v) is 7.35. The van der Waals surface area contributed by atoms with Gasteiger partial charge < -0.3 is 9.64 Å². The molecule has 1 saturated heterocycles. The fourth-order valence-electron chi connectivity index (χ4n) is 2.51. The third kappa shape index (κ3) is 3.23. The molecule has 1 aliphatic rings. The first kappa shape index (κ1) is 12.9. The van der Waals surface area contributed by atoms with Gasteiger partial charge in [0.15, 0.2) is 0 Å². The lowest BCUT2D eigenvalue weighted by molar-refractivity contribution is 0.139. The molecule has 3 heteroatoms. The van der Waals surface area contributed by atoms with Gasteiger partial charge in [-0.05, 0) is 30.4 Å². The van der Waals surface area contributed by atoms with Crippen LogP contribution in [0.3, 0.4) is 0 Å². The van der Waals surface area contributed by atoms with Crippen LogP contribution in [-0.4, -0.2) is 26.8 Å². The van der Waals surface area contributed by atoms with E-state index in [-0.39, 0.29) is 0 Å². The Morgan fingerprint density at radius 3 is 2.65 bits per heavy atom. The molecule has 1 aromatic rings. The molecule has 0 saturated carbocycles. The Bertz CT molecular complexity index is 348. The highest BCUT2D eigenvalue weighted by molar-refractivity contribution is 9.08. The van der Waals surface area contributed by atoms with E-state index < -0.39 is 0 Å². The van der Waals surface area contributed by atoms with E-state index in [1.807, 2.05) is 0 Å². The van der Waals surface area contributed by atoms with Gasteiger partial charge in [-0.15, -0.1) is 0 Å². The monoisotopic (exact) mass is 297 g/mol. The summed E-state index contributed by atoms with van der Waals surface area (Å²) in [5, 5.41) is 0.932. The second-order valence-electron chi connectivity index (χ2n) is 4.65. The number of para-hydroxylation sites is 1. The SMILES string of the molecule is COCC1CCN(c2ccccc2CBr)CC1. The van der Waals surface area contributed by atoms with Crippen LogP contribution in [0.4, 0.5) is 5.69 Å². The van der Waals surface area contributed by atoms with Gasteiger partial charge >= 0.3 is 0 Å². The van der Waals surface area contributed by atoms with Gasteiger partial charge in [-0.3, -0.25) is 0 Å². The molecular weight excluding hydrogens is 278 g/mol. The maximum Gasteiger partial charge on any atom is 0.0491 e. The molecule has 1 heterocycles. The molecule has 17 heavy (non-hydrogen) atoms. The number of piperidine rings is 1. The van der Waals surface area contributed by atoms with Gasteiger partial charge in [0.2, 0.25) is 0 Å². The molecule has 2 rings (SSSR count). The number of rotatable bonds is 4. The molecule has 0 aliphatic carbocycles. The Hall–Kier alpha value is -0.540. The van der Waals surface area contributed by atoms with E-state index in [0.29, 0.717) is 0 Å². The lowest BCUT2D eigenvalue weighted by atomic mass is 9.97. The number of alkyl halides is 1. The van der Waals surface area contributed by atoms with Crippen LogP contribution in [0.2, 0.25) is 0 Å². The first-order valence-electron chi connectivity index (χ1n) is 6.23. The third-order valence-electron chi connectivity index (χ3n) is 3.49. The summed E-state index contributed by atoms with van der Waals surface area (Å²) >= 11 is 3.57. The van der Waals surface area contributed by atoms with E-state index in [9.17, 15) is 0 Å². The summed E-state index contributed by atoms with van der Waals surface area (Å²) in [4.78, 5) is 2.50. The molecule has 94 valence electrons. The van der Waals surface area contributed by atoms with Gasteiger partial charge in [-0.25, -0.2) is 0 Å². The Balaban J connectivity index is 2.00. The van der Waals surface area contributed by atoms with Gasteiger partial charge in [0.1, 0.15) is 0 Å². The molecule has 0 radical (unpaired) electrons. The molecule has 0 aromatic heterocycles. The molecule has 1 aliphatic heterocycles. The zero-order valence-electron chi connectivity index (χ0n) is 10.4. The van der Waals surface area contributed by atoms with Crippen LogP contribution in [-0.2, 0) is 10.1 Å². The second-order valence-corrected chi connectivity index (χ2v) is 5.21. The summed E-state index contributed by atoms with van der Waals surface area (Å²) in [6, 6.07) is 8.67. The maximum atomic E-state index is 5.24. The van der Waals surface area contributed by atoms with E-state index in [1.165, 1.54) is 24.1 Å². The number of nitrogens with zero attached hydrogens (tertiary/aromatic N) is 1. The average Bonchev–Trinajstić information content (AvgIpc) is 2.40. The standard InChI is InChI=1S/C14H20BrNO/c1-17-11-12-6-8-16(9-7-12)14-5-3-2-4-13(14)10-15/h2-5,12H,6-11H2,1H3. The topological polar surface area (TPSA) is 12.5 Å². The third-order valence-corrected chi connectivity index (χ3v) is 4.10. The van der Waals surface area contributed by atoms with Gasteiger partial charge in [0.25, 0.3) is 0 Å². The van der Waals surface area contributed by atoms with Crippen molar-refractivity contribution in [1.29, 1.82) is 0 Å². The summed E-state index contributed by atoms with van der Waals surface area (Å²) in [6.07, 6.45) is 2.48. The number of hydrogen-bond donors (Lipinski definition) is 0. The van der Waals surface area contributed by atoms with Crippen molar-refractivity contribution in [2.45, 2.75) is 18.2 Å². The average molecular weight is 298 g/mol. The highest BCUT2D eigenvalue weighted by Gasteiger charge is 2.20. The van der Waals surface area contributed by atoms with E-state index in [2.05, 4.69) is 45.1 Å². The highest BCUT2D eigenvalue weighted by Crippen LogP contribution is 2.27. The quantitative estimate of drug-likeness (QED) is 0.790. The molecule has 1 aromatic carbocycles. The van der Waals surface area contributed by atoms with Crippen molar-refractivity contribution in [2.75, 3.05) is 31.7 Å². The van der Waals surface area contributed by atoms with Crippen molar-refractivity contribution in [2.24, 2.45) is 5.92 Å². The fraction of sp³-hybridized carbons (Fsp3) is 0.571. The molecule has 0 N–H and O–H groups in total. The number of methoxy groups -OCH3 is 1. The van der Waals surface area contributed by atoms with E-state index in [0.717, 1.165) is 30.9 Å². The van der Waals surface area contributed by atoms with Crippen LogP contribution in [0.5, 0.6) is 0 Å². The van der Waals surface area contributed by atoms with Crippen molar-refractivity contribution in [1.82, 2.24) is 0 Å². The number of benzene rings is 1. The zero-order valence-corrected chi connectivity index (χ0v) is 11.9. The minimum absolute atomic E-state index is 0.743. The van der Waals surface area contributed by atoms with E-state index >= 15 is 0 Å². The minimum Gasteiger partial charge on any atom is -0.384 e. The van der Waals surface area contributed by atoms with Crippen LogP contribution in [0.25, 0.3) is 0 Å². The van der Waals surface area contributed by atoms with Gasteiger partial charge in [-0.1, -0.05) is 34.1 Å². The molecule has 1 fully saturated rings. The second kappa shape index (κ2) is 6.41. The van der Waals surface area contributed by atoms with Crippen molar-refractivity contribution < 1.29 is 4.74 Å². The van der Waals surface area contributed by atoms with Crippen molar-refractivity contribution in [3.63, 3.8) is 0 Å². The molecule has 2 nitrogen and oxygen atoms in total. The van der Waals surface area contributed by atoms with Gasteiger partial charge in [0, 0.05) is 37.8 Å². The molecule has 0 unspecified atom stereocenters. The predicted molar refractivity (Wildman–Crippen MR) is 75.9 cm³/mol. The summed E-state index contributed by atoms with van der Waals surface area (Å²) in [5.74, 6) is 0.743. The van der Waals surface area contributed by atoms with Gasteiger partial charge in [-0.2, -0.15) is 0 Å². The normalized spacial score (nSPS) is 17.4. The van der Waals surface area contributed by atoms with Crippen LogP contribution in [0, 0.1) is 5.92 Å². The number of ether oxygens (including phenoxy) is 1. The predicted octanol–water partition coefficient (Wildman–Crippen LogP) is 3.44. The summed E-state index contributed by atoms with van der Waals surface area (Å²) in [5.41, 5.74) is 2.78. The van der Waals surface area contributed by atoms with Crippen LogP contribution >= 0.6 is 15.9 Å². The van der Waals surface area contributed by atoms with Crippen molar-refractivity contribution in [3.8, 4) is 0 Å². The smallest absolute Gasteiger partial charge is 0.0491 e. The summed E-state index contributed by atoms with van der Waals surface area (Å²) < 4.78 is 5.24. The van der Waals surface area contributed by atoms with E-state index in [1.54, 1.807) is 7.11 Å². The van der Waals surface area contributed by atoms with Crippen LogP contribution < -0.4 is 4.90 Å². The Morgan fingerprint density at radius 2 is 2.00 bits per heavy atom. The van der Waals surface area contributed by atoms with Crippen molar-refractivity contribution >= 4 is 21.6 Å². The Kier molecular flexibility index (Phi) is 4.86. The van der Waals surface area contributed by atoms with Crippen LogP contribution in [0.1, 0.15) is 18.4 Å². The largest absolute Gasteiger partial charge is 0.384 e. The van der Waals surface area contributed by atoms with Gasteiger partial charge in [0.05, 0.1) is 0 Å². The first-order chi connectivity index (χ1) is 8.35. The number of halogens is 1. The molecule has 0 amide bonds. The number of anilines is 1. The lowest BCUT2D eigenvalue weighted by Crippen LogP contribution is -2.35. The lowest BCUT2D eigenvalue weighted by Gasteiger charge is -2.34. The summed E-state index contributed by atoms with van der Waals surface area (Å²) in [7, 11) is 1.80. The Morgan fingerprint density at radius 1 is 1.29 bits per heavy atom. The molecule has 0 atom stereocenters. The molecule has 0 bridgehead atoms. The zero-order chi connectivity index (χ0) is 12.1. The molecular formula is C14H20BrNO. The number of hydrogen-bond acceptors (Lipinski definition) is 2. The molecule has 0 spiro atoms. The Labute approximate surface area is 112 Å². The van der Waals surface area contributed by atoms with Crippen LogP contribution in [0.15, 0.2) is 24.3 Å². The van der Waals surface area contributed by atoms with E-state index in [4.69, 9.17) is 4.74 Å². The fourth-order valence-corrected chi connectivity index (χ4v) is 2.98.